The first-order valence-electron chi connectivity index (χ1n) is 9.45. The van der Waals surface area contributed by atoms with Crippen molar-refractivity contribution in [2.75, 3.05) is 6.61 Å². The van der Waals surface area contributed by atoms with Gasteiger partial charge in [-0.2, -0.15) is 0 Å². The first kappa shape index (κ1) is 20.3. The van der Waals surface area contributed by atoms with E-state index >= 15 is 0 Å². The van der Waals surface area contributed by atoms with E-state index in [1.165, 1.54) is 0 Å². The molecule has 0 saturated heterocycles. The molecule has 0 aliphatic heterocycles. The van der Waals surface area contributed by atoms with Crippen molar-refractivity contribution in [3.8, 4) is 0 Å². The van der Waals surface area contributed by atoms with Gasteiger partial charge in [0.05, 0.1) is 6.61 Å². The van der Waals surface area contributed by atoms with Crippen LogP contribution in [0, 0.1) is 0 Å². The summed E-state index contributed by atoms with van der Waals surface area (Å²) in [7, 11) is 0. The van der Waals surface area contributed by atoms with Crippen LogP contribution in [-0.2, 0) is 20.9 Å². The number of primary amides is 1. The lowest BCUT2D eigenvalue weighted by molar-refractivity contribution is -0.130. The summed E-state index contributed by atoms with van der Waals surface area (Å²) in [5, 5.41) is 2.76. The van der Waals surface area contributed by atoms with Gasteiger partial charge in [-0.05, 0) is 16.7 Å². The third-order valence-electron chi connectivity index (χ3n) is 4.62. The Morgan fingerprint density at radius 1 is 0.793 bits per heavy atom. The minimum absolute atomic E-state index is 0.158. The summed E-state index contributed by atoms with van der Waals surface area (Å²) in [5.74, 6) is -1.38. The predicted molar refractivity (Wildman–Crippen MR) is 112 cm³/mol. The molecule has 2 amide bonds. The molecule has 0 aliphatic carbocycles. The maximum absolute atomic E-state index is 12.5. The lowest BCUT2D eigenvalue weighted by atomic mass is 9.84. The standard InChI is InChI=1S/C24H24N2O3/c25-24(28)23(26-21(27)17-29-16-18-10-4-1-5-11-18)22(19-12-6-2-7-13-19)20-14-8-3-9-15-20/h1-15,22-23H,16-17H2,(H2,25,28)(H,26,27)/t23-/m1/s1. The van der Waals surface area contributed by atoms with Crippen LogP contribution in [0.4, 0.5) is 0 Å². The molecule has 3 N–H and O–H groups in total. The highest BCUT2D eigenvalue weighted by Crippen LogP contribution is 2.28. The van der Waals surface area contributed by atoms with Crippen LogP contribution < -0.4 is 11.1 Å². The molecule has 0 spiro atoms. The van der Waals surface area contributed by atoms with Gasteiger partial charge in [-0.15, -0.1) is 0 Å². The Kier molecular flexibility index (Phi) is 7.14. The summed E-state index contributed by atoms with van der Waals surface area (Å²) >= 11 is 0. The number of carbonyl (C=O) groups excluding carboxylic acids is 2. The molecule has 0 unspecified atom stereocenters. The van der Waals surface area contributed by atoms with Crippen molar-refractivity contribution in [3.05, 3.63) is 108 Å². The quantitative estimate of drug-likeness (QED) is 0.591. The number of amides is 2. The second-order valence-corrected chi connectivity index (χ2v) is 6.72. The van der Waals surface area contributed by atoms with Crippen LogP contribution in [0.15, 0.2) is 91.0 Å². The second-order valence-electron chi connectivity index (χ2n) is 6.72. The van der Waals surface area contributed by atoms with Crippen molar-refractivity contribution < 1.29 is 14.3 Å². The molecule has 0 heterocycles. The minimum Gasteiger partial charge on any atom is -0.368 e. The zero-order valence-corrected chi connectivity index (χ0v) is 16.0. The zero-order chi connectivity index (χ0) is 20.5. The number of rotatable bonds is 9. The fourth-order valence-electron chi connectivity index (χ4n) is 3.27. The van der Waals surface area contributed by atoms with E-state index < -0.39 is 17.9 Å². The summed E-state index contributed by atoms with van der Waals surface area (Å²) in [6.45, 7) is 0.158. The van der Waals surface area contributed by atoms with E-state index in [-0.39, 0.29) is 12.5 Å². The van der Waals surface area contributed by atoms with Crippen molar-refractivity contribution in [3.63, 3.8) is 0 Å². The highest BCUT2D eigenvalue weighted by molar-refractivity contribution is 5.88. The molecule has 3 aromatic rings. The molecule has 0 radical (unpaired) electrons. The van der Waals surface area contributed by atoms with E-state index in [0.29, 0.717) is 6.61 Å². The van der Waals surface area contributed by atoms with Gasteiger partial charge in [0.15, 0.2) is 0 Å². The summed E-state index contributed by atoms with van der Waals surface area (Å²) in [6, 6.07) is 27.8. The lowest BCUT2D eigenvalue weighted by Gasteiger charge is -2.26. The monoisotopic (exact) mass is 388 g/mol. The van der Waals surface area contributed by atoms with Gasteiger partial charge in [-0.3, -0.25) is 9.59 Å². The van der Waals surface area contributed by atoms with Gasteiger partial charge in [-0.25, -0.2) is 0 Å². The highest BCUT2D eigenvalue weighted by atomic mass is 16.5. The number of nitrogens with one attached hydrogen (secondary N) is 1. The summed E-state index contributed by atoms with van der Waals surface area (Å²) in [4.78, 5) is 24.8. The van der Waals surface area contributed by atoms with Crippen LogP contribution in [0.25, 0.3) is 0 Å². The SMILES string of the molecule is NC(=O)[C@H](NC(=O)COCc1ccccc1)C(c1ccccc1)c1ccccc1. The van der Waals surface area contributed by atoms with Crippen molar-refractivity contribution in [2.24, 2.45) is 5.73 Å². The molecule has 0 bridgehead atoms. The van der Waals surface area contributed by atoms with Gasteiger partial charge < -0.3 is 15.8 Å². The molecular formula is C24H24N2O3. The normalized spacial score (nSPS) is 11.8. The molecule has 0 aromatic heterocycles. The van der Waals surface area contributed by atoms with E-state index in [4.69, 9.17) is 10.5 Å². The van der Waals surface area contributed by atoms with Crippen molar-refractivity contribution >= 4 is 11.8 Å². The Bertz CT molecular complexity index is 875. The average Bonchev–Trinajstić information content (AvgIpc) is 2.75. The van der Waals surface area contributed by atoms with Gasteiger partial charge in [-0.1, -0.05) is 91.0 Å². The van der Waals surface area contributed by atoms with E-state index in [0.717, 1.165) is 16.7 Å². The van der Waals surface area contributed by atoms with Gasteiger partial charge in [0, 0.05) is 5.92 Å². The Morgan fingerprint density at radius 3 is 1.76 bits per heavy atom. The summed E-state index contributed by atoms with van der Waals surface area (Å²) in [6.07, 6.45) is 0. The van der Waals surface area contributed by atoms with Gasteiger partial charge in [0.2, 0.25) is 11.8 Å². The Labute approximate surface area is 170 Å². The Hall–Kier alpha value is -3.44. The molecule has 0 aliphatic rings. The van der Waals surface area contributed by atoms with Crippen LogP contribution >= 0.6 is 0 Å². The number of benzene rings is 3. The van der Waals surface area contributed by atoms with Crippen molar-refractivity contribution in [1.29, 1.82) is 0 Å². The highest BCUT2D eigenvalue weighted by Gasteiger charge is 2.30. The Balaban J connectivity index is 1.73. The molecule has 5 heteroatoms. The molecule has 29 heavy (non-hydrogen) atoms. The molecular weight excluding hydrogens is 364 g/mol. The van der Waals surface area contributed by atoms with Gasteiger partial charge in [0.1, 0.15) is 12.6 Å². The van der Waals surface area contributed by atoms with Crippen LogP contribution in [0.1, 0.15) is 22.6 Å². The van der Waals surface area contributed by atoms with Crippen molar-refractivity contribution in [2.45, 2.75) is 18.6 Å². The number of ether oxygens (including phenoxy) is 1. The van der Waals surface area contributed by atoms with Crippen LogP contribution in [-0.4, -0.2) is 24.5 Å². The third kappa shape index (κ3) is 5.77. The lowest BCUT2D eigenvalue weighted by Crippen LogP contribution is -2.49. The predicted octanol–water partition coefficient (Wildman–Crippen LogP) is 3.01. The van der Waals surface area contributed by atoms with E-state index in [2.05, 4.69) is 5.32 Å². The number of hydrogen-bond donors (Lipinski definition) is 2. The van der Waals surface area contributed by atoms with E-state index in [1.807, 2.05) is 91.0 Å². The summed E-state index contributed by atoms with van der Waals surface area (Å²) < 4.78 is 5.49. The largest absolute Gasteiger partial charge is 0.368 e. The number of nitrogens with two attached hydrogens (primary N) is 1. The van der Waals surface area contributed by atoms with E-state index in [9.17, 15) is 9.59 Å². The maximum atomic E-state index is 12.5. The molecule has 3 aromatic carbocycles. The van der Waals surface area contributed by atoms with Crippen LogP contribution in [0.2, 0.25) is 0 Å². The zero-order valence-electron chi connectivity index (χ0n) is 16.0. The van der Waals surface area contributed by atoms with E-state index in [1.54, 1.807) is 0 Å². The van der Waals surface area contributed by atoms with Crippen LogP contribution in [0.5, 0.6) is 0 Å². The molecule has 1 atom stereocenters. The first-order chi connectivity index (χ1) is 14.1. The van der Waals surface area contributed by atoms with Crippen LogP contribution in [0.3, 0.4) is 0 Å². The molecule has 148 valence electrons. The maximum Gasteiger partial charge on any atom is 0.246 e. The number of hydrogen-bond acceptors (Lipinski definition) is 3. The van der Waals surface area contributed by atoms with Gasteiger partial charge in [0.25, 0.3) is 0 Å². The molecule has 0 fully saturated rings. The third-order valence-corrected chi connectivity index (χ3v) is 4.62. The molecule has 0 saturated carbocycles. The number of carbonyl (C=O) groups is 2. The fraction of sp³-hybridized carbons (Fsp3) is 0.167. The fourth-order valence-corrected chi connectivity index (χ4v) is 3.27. The molecule has 5 nitrogen and oxygen atoms in total. The topological polar surface area (TPSA) is 81.4 Å². The second kappa shape index (κ2) is 10.2. The Morgan fingerprint density at radius 2 is 1.28 bits per heavy atom. The minimum atomic E-state index is -0.896. The van der Waals surface area contributed by atoms with Crippen molar-refractivity contribution in [1.82, 2.24) is 5.32 Å². The van der Waals surface area contributed by atoms with Gasteiger partial charge >= 0.3 is 0 Å². The molecule has 3 rings (SSSR count). The summed E-state index contributed by atoms with van der Waals surface area (Å²) in [5.41, 5.74) is 8.45. The smallest absolute Gasteiger partial charge is 0.246 e. The first-order valence-corrected chi connectivity index (χ1v) is 9.45. The average molecular weight is 388 g/mol.